The Balaban J connectivity index is 1.95. The van der Waals surface area contributed by atoms with Crippen LogP contribution < -0.4 is 5.32 Å². The molecule has 2 heterocycles. The Morgan fingerprint density at radius 2 is 2.14 bits per heavy atom. The summed E-state index contributed by atoms with van der Waals surface area (Å²) in [5.41, 5.74) is 2.26. The van der Waals surface area contributed by atoms with E-state index in [2.05, 4.69) is 51.5 Å². The second-order valence-corrected chi connectivity index (χ2v) is 5.71. The van der Waals surface area contributed by atoms with Crippen molar-refractivity contribution in [2.45, 2.75) is 32.9 Å². The number of imidazole rings is 1. The van der Waals surface area contributed by atoms with E-state index in [4.69, 9.17) is 4.98 Å². The molecule has 0 fully saturated rings. The number of hydrogen-bond acceptors (Lipinski definition) is 5. The Morgan fingerprint density at radius 3 is 2.86 bits per heavy atom. The molecule has 5 nitrogen and oxygen atoms in total. The molecule has 0 amide bonds. The topological polar surface area (TPSA) is 55.6 Å². The highest BCUT2D eigenvalue weighted by Crippen LogP contribution is 2.23. The molecule has 1 N–H and O–H groups in total. The first kappa shape index (κ1) is 14.2. The molecule has 21 heavy (non-hydrogen) atoms. The second kappa shape index (κ2) is 6.32. The zero-order chi connectivity index (χ0) is 14.7. The quantitative estimate of drug-likeness (QED) is 0.760. The molecule has 0 aliphatic heterocycles. The summed E-state index contributed by atoms with van der Waals surface area (Å²) in [4.78, 5) is 5.96. The van der Waals surface area contributed by atoms with Crippen molar-refractivity contribution in [2.24, 2.45) is 0 Å². The van der Waals surface area contributed by atoms with Crippen LogP contribution in [-0.2, 0) is 13.0 Å². The van der Waals surface area contributed by atoms with E-state index in [0.717, 1.165) is 35.7 Å². The monoisotopic (exact) mass is 301 g/mol. The highest BCUT2D eigenvalue weighted by molar-refractivity contribution is 7.05. The number of aromatic nitrogens is 4. The van der Waals surface area contributed by atoms with Gasteiger partial charge in [-0.05, 0) is 37.1 Å². The molecule has 0 bridgehead atoms. The number of nitrogens with zero attached hydrogens (tertiary/aromatic N) is 4. The van der Waals surface area contributed by atoms with Gasteiger partial charge < -0.3 is 9.88 Å². The SMILES string of the molecule is CCNC(Cc1nc2ccccc2n1CC)c1cnns1. The van der Waals surface area contributed by atoms with Gasteiger partial charge >= 0.3 is 0 Å². The minimum atomic E-state index is 0.220. The fourth-order valence-electron chi connectivity index (χ4n) is 2.66. The first-order valence-electron chi connectivity index (χ1n) is 7.28. The Kier molecular flexibility index (Phi) is 4.26. The number of para-hydroxylation sites is 2. The molecule has 6 heteroatoms. The average Bonchev–Trinajstić information content (AvgIpc) is 3.14. The molecule has 3 aromatic rings. The third-order valence-corrected chi connectivity index (χ3v) is 4.39. The number of likely N-dealkylation sites (N-methyl/N-ethyl adjacent to an activating group) is 1. The van der Waals surface area contributed by atoms with E-state index < -0.39 is 0 Å². The molecule has 0 saturated heterocycles. The number of fused-ring (bicyclic) bond motifs is 1. The van der Waals surface area contributed by atoms with Gasteiger partial charge in [-0.2, -0.15) is 0 Å². The molecule has 1 unspecified atom stereocenters. The zero-order valence-corrected chi connectivity index (χ0v) is 13.1. The van der Waals surface area contributed by atoms with Crippen LogP contribution >= 0.6 is 11.5 Å². The van der Waals surface area contributed by atoms with E-state index in [0.29, 0.717) is 0 Å². The zero-order valence-electron chi connectivity index (χ0n) is 12.3. The molecule has 0 aliphatic carbocycles. The maximum Gasteiger partial charge on any atom is 0.111 e. The van der Waals surface area contributed by atoms with E-state index in [1.165, 1.54) is 17.0 Å². The molecular weight excluding hydrogens is 282 g/mol. The lowest BCUT2D eigenvalue weighted by molar-refractivity contribution is 0.531. The summed E-state index contributed by atoms with van der Waals surface area (Å²) >= 11 is 1.45. The van der Waals surface area contributed by atoms with E-state index in [1.807, 2.05) is 12.3 Å². The Hall–Kier alpha value is -1.79. The minimum Gasteiger partial charge on any atom is -0.328 e. The van der Waals surface area contributed by atoms with Gasteiger partial charge in [0.05, 0.1) is 28.1 Å². The molecule has 0 spiro atoms. The van der Waals surface area contributed by atoms with E-state index >= 15 is 0 Å². The normalized spacial score (nSPS) is 12.9. The summed E-state index contributed by atoms with van der Waals surface area (Å²) in [5, 5.41) is 7.46. The Bertz CT molecular complexity index is 704. The highest BCUT2D eigenvalue weighted by atomic mass is 32.1. The van der Waals surface area contributed by atoms with Crippen LogP contribution in [-0.4, -0.2) is 25.7 Å². The van der Waals surface area contributed by atoms with E-state index in [1.54, 1.807) is 0 Å². The summed E-state index contributed by atoms with van der Waals surface area (Å²) in [6, 6.07) is 8.52. The third-order valence-electron chi connectivity index (χ3n) is 3.61. The molecule has 0 saturated carbocycles. The molecule has 1 atom stereocenters. The van der Waals surface area contributed by atoms with Crippen LogP contribution in [0.4, 0.5) is 0 Å². The van der Waals surface area contributed by atoms with Gasteiger partial charge in [0.25, 0.3) is 0 Å². The smallest absolute Gasteiger partial charge is 0.111 e. The van der Waals surface area contributed by atoms with Gasteiger partial charge in [0.2, 0.25) is 0 Å². The van der Waals surface area contributed by atoms with Gasteiger partial charge in [-0.15, -0.1) is 5.10 Å². The summed E-state index contributed by atoms with van der Waals surface area (Å²) in [7, 11) is 0. The Labute approximate surface area is 128 Å². The van der Waals surface area contributed by atoms with Crippen molar-refractivity contribution in [3.05, 3.63) is 41.2 Å². The average molecular weight is 301 g/mol. The predicted molar refractivity (Wildman–Crippen MR) is 85.4 cm³/mol. The lowest BCUT2D eigenvalue weighted by Crippen LogP contribution is -2.23. The summed E-state index contributed by atoms with van der Waals surface area (Å²) in [5.74, 6) is 1.11. The van der Waals surface area contributed by atoms with E-state index in [-0.39, 0.29) is 6.04 Å². The summed E-state index contributed by atoms with van der Waals surface area (Å²) in [6.07, 6.45) is 2.69. The van der Waals surface area contributed by atoms with Crippen molar-refractivity contribution < 1.29 is 0 Å². The number of nitrogens with one attached hydrogen (secondary N) is 1. The van der Waals surface area contributed by atoms with Crippen LogP contribution in [0.3, 0.4) is 0 Å². The van der Waals surface area contributed by atoms with Crippen molar-refractivity contribution in [3.63, 3.8) is 0 Å². The van der Waals surface area contributed by atoms with Crippen LogP contribution in [0.2, 0.25) is 0 Å². The van der Waals surface area contributed by atoms with Gasteiger partial charge in [-0.1, -0.05) is 23.5 Å². The predicted octanol–water partition coefficient (Wildman–Crippen LogP) is 2.80. The molecule has 2 aromatic heterocycles. The van der Waals surface area contributed by atoms with Crippen LogP contribution in [0.5, 0.6) is 0 Å². The fraction of sp³-hybridized carbons (Fsp3) is 0.400. The van der Waals surface area contributed by atoms with Gasteiger partial charge in [-0.25, -0.2) is 4.98 Å². The van der Waals surface area contributed by atoms with Crippen molar-refractivity contribution in [2.75, 3.05) is 6.54 Å². The maximum absolute atomic E-state index is 4.80. The molecule has 3 rings (SSSR count). The Morgan fingerprint density at radius 1 is 1.29 bits per heavy atom. The number of hydrogen-bond donors (Lipinski definition) is 1. The van der Waals surface area contributed by atoms with Gasteiger partial charge in [0, 0.05) is 13.0 Å². The summed E-state index contributed by atoms with van der Waals surface area (Å²) < 4.78 is 6.26. The van der Waals surface area contributed by atoms with Gasteiger partial charge in [0.15, 0.2) is 0 Å². The standard InChI is InChI=1S/C15H19N5S/c1-3-16-12(14-10-17-19-21-14)9-15-18-11-7-5-6-8-13(11)20(15)4-2/h5-8,10,12,16H,3-4,9H2,1-2H3. The van der Waals surface area contributed by atoms with Crippen LogP contribution in [0.25, 0.3) is 11.0 Å². The molecule has 0 aliphatic rings. The van der Waals surface area contributed by atoms with E-state index in [9.17, 15) is 0 Å². The number of benzene rings is 1. The fourth-order valence-corrected chi connectivity index (χ4v) is 3.24. The van der Waals surface area contributed by atoms with Gasteiger partial charge in [0.1, 0.15) is 5.82 Å². The van der Waals surface area contributed by atoms with Crippen molar-refractivity contribution in [3.8, 4) is 0 Å². The number of aryl methyl sites for hydroxylation is 1. The van der Waals surface area contributed by atoms with Crippen LogP contribution in [0.1, 0.15) is 30.6 Å². The first-order chi connectivity index (χ1) is 10.3. The van der Waals surface area contributed by atoms with Crippen LogP contribution in [0.15, 0.2) is 30.5 Å². The molecular formula is C15H19N5S. The summed E-state index contributed by atoms with van der Waals surface area (Å²) in [6.45, 7) is 6.11. The largest absolute Gasteiger partial charge is 0.328 e. The lowest BCUT2D eigenvalue weighted by Gasteiger charge is -2.16. The third kappa shape index (κ3) is 2.82. The molecule has 110 valence electrons. The second-order valence-electron chi connectivity index (χ2n) is 4.90. The first-order valence-corrected chi connectivity index (χ1v) is 8.05. The lowest BCUT2D eigenvalue weighted by atomic mass is 10.1. The van der Waals surface area contributed by atoms with Crippen molar-refractivity contribution >= 4 is 22.6 Å². The highest BCUT2D eigenvalue weighted by Gasteiger charge is 2.18. The maximum atomic E-state index is 4.80. The molecule has 0 radical (unpaired) electrons. The number of rotatable bonds is 6. The van der Waals surface area contributed by atoms with Crippen LogP contribution in [0, 0.1) is 0 Å². The van der Waals surface area contributed by atoms with Crippen molar-refractivity contribution in [1.82, 2.24) is 24.5 Å². The van der Waals surface area contributed by atoms with Gasteiger partial charge in [-0.3, -0.25) is 0 Å². The minimum absolute atomic E-state index is 0.220. The van der Waals surface area contributed by atoms with Crippen molar-refractivity contribution in [1.29, 1.82) is 0 Å². The molecule has 1 aromatic carbocycles.